The molecule has 18 heteroatoms. The van der Waals surface area contributed by atoms with Gasteiger partial charge in [-0.2, -0.15) is 0 Å². The van der Waals surface area contributed by atoms with Crippen molar-refractivity contribution in [2.45, 2.75) is 218 Å². The summed E-state index contributed by atoms with van der Waals surface area (Å²) in [6, 6.07) is 0. The van der Waals surface area contributed by atoms with E-state index in [9.17, 15) is 60.7 Å². The number of ether oxygens (including phenoxy) is 6. The Hall–Kier alpha value is -1.88. The molecule has 0 radical (unpaired) electrons. The molecule has 0 aromatic carbocycles. The number of carboxylic acid groups (broad SMARTS) is 1. The molecule has 0 amide bonds. The van der Waals surface area contributed by atoms with E-state index in [2.05, 4.69) is 54.5 Å². The number of fused-ring (bicyclic) bond motifs is 7. The minimum Gasteiger partial charge on any atom is -0.479 e. The summed E-state index contributed by atoms with van der Waals surface area (Å²) >= 11 is 0. The molecule has 0 aromatic rings. The number of hydrogen-bond donors (Lipinski definition) is 10. The first kappa shape index (κ1) is 51.5. The third-order valence-corrected chi connectivity index (χ3v) is 19.6. The average Bonchev–Trinajstić information content (AvgIpc) is 3.26. The van der Waals surface area contributed by atoms with Crippen LogP contribution in [-0.4, -0.2) is 168 Å². The number of allylic oxidation sites excluding steroid dienone is 2. The monoisotopic (exact) mass is 955 g/mol. The van der Waals surface area contributed by atoms with Crippen molar-refractivity contribution in [1.29, 1.82) is 0 Å². The highest BCUT2D eigenvalue weighted by Crippen LogP contribution is 2.76. The quantitative estimate of drug-likeness (QED) is 0.0893. The third-order valence-electron chi connectivity index (χ3n) is 19.6. The maximum Gasteiger partial charge on any atom is 0.335 e. The Kier molecular flexibility index (Phi) is 13.6. The van der Waals surface area contributed by atoms with Gasteiger partial charge < -0.3 is 79.5 Å². The number of esters is 1. The van der Waals surface area contributed by atoms with E-state index in [1.54, 1.807) is 6.92 Å². The summed E-state index contributed by atoms with van der Waals surface area (Å²) in [4.78, 5) is 27.1. The normalized spacial score (nSPS) is 52.6. The van der Waals surface area contributed by atoms with Gasteiger partial charge in [0.1, 0.15) is 54.9 Å². The predicted octanol–water partition coefficient (Wildman–Crippen LogP) is 1.65. The van der Waals surface area contributed by atoms with E-state index in [-0.39, 0.29) is 45.8 Å². The topological polar surface area (TPSA) is 292 Å². The van der Waals surface area contributed by atoms with Gasteiger partial charge in [0.15, 0.2) is 18.2 Å². The Bertz CT molecular complexity index is 1890. The predicted molar refractivity (Wildman–Crippen MR) is 234 cm³/mol. The van der Waals surface area contributed by atoms with Gasteiger partial charge in [0, 0.05) is 6.42 Å². The zero-order valence-corrected chi connectivity index (χ0v) is 40.3. The molecule has 3 saturated heterocycles. The third kappa shape index (κ3) is 8.07. The molecule has 7 fully saturated rings. The molecule has 8 rings (SSSR count). The van der Waals surface area contributed by atoms with E-state index >= 15 is 0 Å². The summed E-state index contributed by atoms with van der Waals surface area (Å²) in [5, 5.41) is 104. The lowest BCUT2D eigenvalue weighted by atomic mass is 9.33. The molecule has 22 atom stereocenters. The SMILES string of the molecule is CC1(C)CC[C@]2(C(=O)O[C@@H]3O[C@H](CO)[C@@H](O)[C@H](O)[C@H]3O)CC[C@]3(C)C(=CC[C@@H]4[C@@]5(C)CC[C@H](O[C@]6(C)O[C@H](C(=O)O)[C@@H](O)C[C@H]6O[C@@H]6O[C@H](CO)[C@@H](O)[C@H](O)[C@H]6O)C(C)(C)[C@@H]5CC[C@]43C)[C@@H]2C1. The first-order chi connectivity index (χ1) is 31.1. The summed E-state index contributed by atoms with van der Waals surface area (Å²) in [7, 11) is 0. The number of carbonyl (C=O) groups excluding carboxylic acids is 1. The highest BCUT2D eigenvalue weighted by molar-refractivity contribution is 5.79. The number of carboxylic acids is 1. The van der Waals surface area contributed by atoms with E-state index in [0.29, 0.717) is 19.3 Å². The van der Waals surface area contributed by atoms with E-state index in [1.165, 1.54) is 5.57 Å². The second kappa shape index (κ2) is 17.7. The molecule has 8 aliphatic rings. The van der Waals surface area contributed by atoms with Gasteiger partial charge in [0.05, 0.1) is 30.8 Å². The van der Waals surface area contributed by atoms with Gasteiger partial charge in [0.25, 0.3) is 0 Å². The van der Waals surface area contributed by atoms with Crippen LogP contribution in [0, 0.1) is 50.2 Å². The molecular formula is C49H78O18. The van der Waals surface area contributed by atoms with Crippen LogP contribution in [0.3, 0.4) is 0 Å². The van der Waals surface area contributed by atoms with Crippen LogP contribution in [0.5, 0.6) is 0 Å². The standard InChI is InChI=1S/C49H78O18/c1-43(2)15-17-49(42(61)65-41-37(58)35(56)33(54)27(22-51)63-41)18-16-46(6)23(24(49)20-43)9-10-29-45(5)13-12-30(44(3,4)28(45)11-14-47(29,46)7)66-48(8)31(19-25(52)38(67-48)39(59)60)64-40-36(57)34(55)32(53)26(21-50)62-40/h9,24-38,40-41,50-58H,10-22H2,1-8H3,(H,59,60)/t24-,25-,26+,27+,28-,29+,30-,31+,32+,33+,34-,35-,36+,37+,38-,40-,41-,45-,46+,47+,48+,49-/m0/s1. The highest BCUT2D eigenvalue weighted by atomic mass is 16.8. The molecular weight excluding hydrogens is 877 g/mol. The van der Waals surface area contributed by atoms with Crippen LogP contribution in [0.2, 0.25) is 0 Å². The Morgan fingerprint density at radius 2 is 1.30 bits per heavy atom. The maximum absolute atomic E-state index is 14.7. The summed E-state index contributed by atoms with van der Waals surface area (Å²) in [5.41, 5.74) is -0.829. The Labute approximate surface area is 392 Å². The summed E-state index contributed by atoms with van der Waals surface area (Å²) in [5.74, 6) is -3.45. The summed E-state index contributed by atoms with van der Waals surface area (Å²) < 4.78 is 36.6. The van der Waals surface area contributed by atoms with Crippen molar-refractivity contribution in [3.8, 4) is 0 Å². The molecule has 0 spiro atoms. The smallest absolute Gasteiger partial charge is 0.335 e. The Balaban J connectivity index is 1.06. The number of carbonyl (C=O) groups is 2. The highest BCUT2D eigenvalue weighted by Gasteiger charge is 2.70. The zero-order chi connectivity index (χ0) is 49.2. The fraction of sp³-hybridized carbons (Fsp3) is 0.918. The number of aliphatic carboxylic acids is 1. The van der Waals surface area contributed by atoms with Gasteiger partial charge in [-0.05, 0) is 116 Å². The van der Waals surface area contributed by atoms with Crippen LogP contribution in [0.15, 0.2) is 11.6 Å². The van der Waals surface area contributed by atoms with Crippen LogP contribution >= 0.6 is 0 Å². The summed E-state index contributed by atoms with van der Waals surface area (Å²) in [6.07, 6.45) is -11.1. The lowest BCUT2D eigenvalue weighted by Gasteiger charge is -2.71. The van der Waals surface area contributed by atoms with Gasteiger partial charge >= 0.3 is 11.9 Å². The molecule has 5 aliphatic carbocycles. The molecule has 3 heterocycles. The van der Waals surface area contributed by atoms with E-state index < -0.39 is 128 Å². The van der Waals surface area contributed by atoms with Crippen LogP contribution in [0.1, 0.15) is 126 Å². The van der Waals surface area contributed by atoms with Crippen LogP contribution < -0.4 is 0 Å². The molecule has 0 unspecified atom stereocenters. The second-order valence-electron chi connectivity index (χ2n) is 24.0. The first-order valence-electron chi connectivity index (χ1n) is 24.6. The lowest BCUT2D eigenvalue weighted by Crippen LogP contribution is -2.67. The Morgan fingerprint density at radius 1 is 0.701 bits per heavy atom. The molecule has 67 heavy (non-hydrogen) atoms. The zero-order valence-electron chi connectivity index (χ0n) is 40.3. The van der Waals surface area contributed by atoms with Crippen LogP contribution in [0.4, 0.5) is 0 Å². The molecule has 3 aliphatic heterocycles. The van der Waals surface area contributed by atoms with Crippen LogP contribution in [-0.2, 0) is 38.0 Å². The van der Waals surface area contributed by atoms with Crippen molar-refractivity contribution in [1.82, 2.24) is 0 Å². The molecule has 0 bridgehead atoms. The first-order valence-corrected chi connectivity index (χ1v) is 24.6. The van der Waals surface area contributed by atoms with Crippen molar-refractivity contribution in [3.05, 3.63) is 11.6 Å². The van der Waals surface area contributed by atoms with E-state index in [4.69, 9.17) is 28.4 Å². The largest absolute Gasteiger partial charge is 0.479 e. The number of aliphatic hydroxyl groups is 9. The van der Waals surface area contributed by atoms with Gasteiger partial charge in [-0.15, -0.1) is 0 Å². The van der Waals surface area contributed by atoms with Crippen molar-refractivity contribution < 1.29 is 89.1 Å². The van der Waals surface area contributed by atoms with Crippen molar-refractivity contribution >= 4 is 11.9 Å². The van der Waals surface area contributed by atoms with Gasteiger partial charge in [-0.25, -0.2) is 4.79 Å². The molecule has 18 nitrogen and oxygen atoms in total. The minimum atomic E-state index is -1.79. The molecule has 0 aromatic heterocycles. The second-order valence-corrected chi connectivity index (χ2v) is 24.0. The van der Waals surface area contributed by atoms with Gasteiger partial charge in [0.2, 0.25) is 6.29 Å². The van der Waals surface area contributed by atoms with Gasteiger partial charge in [-0.1, -0.05) is 60.1 Å². The molecule has 382 valence electrons. The lowest BCUT2D eigenvalue weighted by molar-refractivity contribution is -0.394. The molecule has 10 N–H and O–H groups in total. The Morgan fingerprint density at radius 3 is 1.91 bits per heavy atom. The fourth-order valence-electron chi connectivity index (χ4n) is 15.3. The van der Waals surface area contributed by atoms with E-state index in [1.807, 2.05) is 0 Å². The fourth-order valence-corrected chi connectivity index (χ4v) is 15.3. The van der Waals surface area contributed by atoms with Crippen molar-refractivity contribution in [2.75, 3.05) is 13.2 Å². The van der Waals surface area contributed by atoms with Crippen molar-refractivity contribution in [3.63, 3.8) is 0 Å². The van der Waals surface area contributed by atoms with Gasteiger partial charge in [-0.3, -0.25) is 4.79 Å². The maximum atomic E-state index is 14.7. The van der Waals surface area contributed by atoms with Crippen LogP contribution in [0.25, 0.3) is 0 Å². The average molecular weight is 955 g/mol. The number of rotatable bonds is 9. The van der Waals surface area contributed by atoms with E-state index in [0.717, 1.165) is 44.9 Å². The number of aliphatic hydroxyl groups excluding tert-OH is 9. The van der Waals surface area contributed by atoms with Crippen molar-refractivity contribution in [2.24, 2.45) is 50.2 Å². The minimum absolute atomic E-state index is 0.0688. The summed E-state index contributed by atoms with van der Waals surface area (Å²) in [6.45, 7) is 16.3. The molecule has 4 saturated carbocycles. The number of hydrogen-bond acceptors (Lipinski definition) is 17.